The topological polar surface area (TPSA) is 84.6 Å². The maximum absolute atomic E-state index is 9.77. The molecule has 0 unspecified atom stereocenters. The molecular formula is C13H16N4OS. The van der Waals surface area contributed by atoms with E-state index in [1.165, 1.54) is 11.8 Å². The Hall–Kier alpha value is -1.82. The lowest BCUT2D eigenvalue weighted by atomic mass is 10.2. The molecule has 0 spiro atoms. The lowest BCUT2D eigenvalue weighted by molar-refractivity contribution is 0.459. The number of nitrogens with zero attached hydrogens (tertiary/aromatic N) is 2. The Morgan fingerprint density at radius 3 is 3.00 bits per heavy atom. The summed E-state index contributed by atoms with van der Waals surface area (Å²) in [4.78, 5) is 2.83. The van der Waals surface area contributed by atoms with E-state index >= 15 is 0 Å². The van der Waals surface area contributed by atoms with Crippen molar-refractivity contribution in [2.24, 2.45) is 10.2 Å². The summed E-state index contributed by atoms with van der Waals surface area (Å²) < 4.78 is 0. The van der Waals surface area contributed by atoms with Gasteiger partial charge in [0.15, 0.2) is 5.69 Å². The number of aromatic amines is 1. The fraction of sp³-hybridized carbons (Fsp3) is 0.308. The minimum absolute atomic E-state index is 0.0173. The molecule has 3 N–H and O–H groups in total. The van der Waals surface area contributed by atoms with Crippen LogP contribution < -0.4 is 0 Å². The lowest BCUT2D eigenvalue weighted by Gasteiger charge is -1.95. The number of H-pyrrole nitrogens is 1. The third kappa shape index (κ3) is 3.35. The zero-order chi connectivity index (χ0) is 13.7. The molecule has 1 aromatic heterocycles. The molecule has 0 aliphatic carbocycles. The average molecular weight is 276 g/mol. The second kappa shape index (κ2) is 6.38. The Morgan fingerprint density at radius 2 is 2.21 bits per heavy atom. The maximum atomic E-state index is 9.77. The van der Waals surface area contributed by atoms with Gasteiger partial charge in [-0.3, -0.25) is 5.41 Å². The van der Waals surface area contributed by atoms with Crippen LogP contribution in [0.4, 0.5) is 5.69 Å². The minimum atomic E-state index is -0.0173. The predicted octanol–water partition coefficient (Wildman–Crippen LogP) is 4.43. The standard InChI is InChI=1S/C13H16N4OS/c1-2-3-8-19-13(14)17-16-11-9-6-4-5-7-10(9)15-12(11)18/h4-7,14-15,18H,2-3,8H2,1H3. The number of aromatic hydroxyl groups is 1. The molecule has 0 saturated carbocycles. The summed E-state index contributed by atoms with van der Waals surface area (Å²) in [6.45, 7) is 2.11. The summed E-state index contributed by atoms with van der Waals surface area (Å²) in [5.41, 5.74) is 1.19. The van der Waals surface area contributed by atoms with Crippen LogP contribution in [0.3, 0.4) is 0 Å². The van der Waals surface area contributed by atoms with Crippen molar-refractivity contribution in [2.45, 2.75) is 19.8 Å². The van der Waals surface area contributed by atoms with Crippen molar-refractivity contribution in [3.05, 3.63) is 24.3 Å². The van der Waals surface area contributed by atoms with Crippen molar-refractivity contribution in [1.29, 1.82) is 5.41 Å². The summed E-state index contributed by atoms with van der Waals surface area (Å²) in [6.07, 6.45) is 2.15. The molecule has 2 rings (SSSR count). The molecule has 0 saturated heterocycles. The molecule has 1 heterocycles. The van der Waals surface area contributed by atoms with Gasteiger partial charge in [-0.05, 0) is 12.5 Å². The second-order valence-corrected chi connectivity index (χ2v) is 5.16. The highest BCUT2D eigenvalue weighted by Crippen LogP contribution is 2.35. The lowest BCUT2D eigenvalue weighted by Crippen LogP contribution is -1.85. The molecule has 0 aliphatic heterocycles. The van der Waals surface area contributed by atoms with Crippen molar-refractivity contribution < 1.29 is 5.11 Å². The molecule has 2 aromatic rings. The van der Waals surface area contributed by atoms with Gasteiger partial charge in [0, 0.05) is 11.1 Å². The largest absolute Gasteiger partial charge is 0.493 e. The molecular weight excluding hydrogens is 260 g/mol. The third-order valence-corrected chi connectivity index (χ3v) is 3.48. The summed E-state index contributed by atoms with van der Waals surface area (Å²) in [6, 6.07) is 7.46. The third-order valence-electron chi connectivity index (χ3n) is 2.64. The first-order valence-electron chi connectivity index (χ1n) is 6.15. The molecule has 0 atom stereocenters. The minimum Gasteiger partial charge on any atom is -0.493 e. The van der Waals surface area contributed by atoms with Crippen LogP contribution in [0.2, 0.25) is 0 Å². The number of para-hydroxylation sites is 1. The molecule has 0 bridgehead atoms. The first-order valence-corrected chi connectivity index (χ1v) is 7.13. The fourth-order valence-corrected chi connectivity index (χ4v) is 2.38. The first-order chi connectivity index (χ1) is 9.22. The van der Waals surface area contributed by atoms with Gasteiger partial charge in [0.1, 0.15) is 0 Å². The van der Waals surface area contributed by atoms with Gasteiger partial charge in [-0.25, -0.2) is 0 Å². The maximum Gasteiger partial charge on any atom is 0.218 e. The van der Waals surface area contributed by atoms with Gasteiger partial charge in [0.2, 0.25) is 11.0 Å². The number of hydrogen-bond donors (Lipinski definition) is 3. The average Bonchev–Trinajstić information content (AvgIpc) is 2.72. The number of hydrogen-bond acceptors (Lipinski definition) is 4. The predicted molar refractivity (Wildman–Crippen MR) is 79.6 cm³/mol. The SMILES string of the molecule is CCCCSC(=N)N=Nc1c(O)[nH]c2ccccc12. The summed E-state index contributed by atoms with van der Waals surface area (Å²) >= 11 is 1.37. The summed E-state index contributed by atoms with van der Waals surface area (Å²) in [5.74, 6) is 0.852. The zero-order valence-electron chi connectivity index (χ0n) is 10.7. The zero-order valence-corrected chi connectivity index (χ0v) is 11.5. The Bertz CT molecular complexity index is 606. The van der Waals surface area contributed by atoms with E-state index in [0.29, 0.717) is 5.69 Å². The van der Waals surface area contributed by atoms with E-state index in [2.05, 4.69) is 22.1 Å². The highest BCUT2D eigenvalue weighted by atomic mass is 32.2. The monoisotopic (exact) mass is 276 g/mol. The summed E-state index contributed by atoms with van der Waals surface area (Å²) in [7, 11) is 0. The van der Waals surface area contributed by atoms with Crippen LogP contribution in [0, 0.1) is 5.41 Å². The van der Waals surface area contributed by atoms with Crippen molar-refractivity contribution in [1.82, 2.24) is 4.98 Å². The van der Waals surface area contributed by atoms with Gasteiger partial charge in [-0.1, -0.05) is 43.3 Å². The number of azo groups is 1. The highest BCUT2D eigenvalue weighted by Gasteiger charge is 2.09. The molecule has 0 amide bonds. The molecule has 1 aromatic carbocycles. The van der Waals surface area contributed by atoms with E-state index in [9.17, 15) is 5.11 Å². The number of amidine groups is 1. The Labute approximate surface area is 115 Å². The van der Waals surface area contributed by atoms with Crippen LogP contribution in [0.25, 0.3) is 10.9 Å². The number of aromatic nitrogens is 1. The van der Waals surface area contributed by atoms with Crippen LogP contribution in [0.15, 0.2) is 34.5 Å². The number of nitrogens with one attached hydrogen (secondary N) is 2. The molecule has 100 valence electrons. The van der Waals surface area contributed by atoms with E-state index in [1.807, 2.05) is 24.3 Å². The van der Waals surface area contributed by atoms with Crippen molar-refractivity contribution in [3.8, 4) is 5.88 Å². The van der Waals surface area contributed by atoms with Crippen molar-refractivity contribution >= 4 is 33.5 Å². The summed E-state index contributed by atoms with van der Waals surface area (Å²) in [5, 5.41) is 26.2. The van der Waals surface area contributed by atoms with Gasteiger partial charge in [0.25, 0.3) is 0 Å². The van der Waals surface area contributed by atoms with Gasteiger partial charge < -0.3 is 10.1 Å². The molecule has 0 radical (unpaired) electrons. The number of unbranched alkanes of at least 4 members (excludes halogenated alkanes) is 1. The van der Waals surface area contributed by atoms with Crippen LogP contribution in [-0.4, -0.2) is 21.0 Å². The molecule has 5 nitrogen and oxygen atoms in total. The van der Waals surface area contributed by atoms with Crippen LogP contribution >= 0.6 is 11.8 Å². The number of thioether (sulfide) groups is 1. The van der Waals surface area contributed by atoms with E-state index in [0.717, 1.165) is 29.5 Å². The van der Waals surface area contributed by atoms with Crippen LogP contribution in [0.5, 0.6) is 5.88 Å². The molecule has 19 heavy (non-hydrogen) atoms. The Morgan fingerprint density at radius 1 is 1.42 bits per heavy atom. The van der Waals surface area contributed by atoms with E-state index < -0.39 is 0 Å². The smallest absolute Gasteiger partial charge is 0.218 e. The first kappa shape index (κ1) is 13.6. The molecule has 0 fully saturated rings. The van der Waals surface area contributed by atoms with Crippen molar-refractivity contribution in [2.75, 3.05) is 5.75 Å². The Balaban J connectivity index is 2.12. The van der Waals surface area contributed by atoms with Gasteiger partial charge in [-0.15, -0.1) is 10.2 Å². The van der Waals surface area contributed by atoms with Crippen LogP contribution in [0.1, 0.15) is 19.8 Å². The quantitative estimate of drug-likeness (QED) is 0.334. The van der Waals surface area contributed by atoms with Gasteiger partial charge in [-0.2, -0.15) is 0 Å². The highest BCUT2D eigenvalue weighted by molar-refractivity contribution is 8.13. The van der Waals surface area contributed by atoms with E-state index in [-0.39, 0.29) is 11.0 Å². The molecule has 0 aliphatic rings. The second-order valence-electron chi connectivity index (χ2n) is 4.07. The van der Waals surface area contributed by atoms with Crippen LogP contribution in [-0.2, 0) is 0 Å². The van der Waals surface area contributed by atoms with Gasteiger partial charge >= 0.3 is 0 Å². The van der Waals surface area contributed by atoms with E-state index in [1.54, 1.807) is 0 Å². The van der Waals surface area contributed by atoms with Gasteiger partial charge in [0.05, 0.1) is 5.52 Å². The molecule has 6 heteroatoms. The normalized spacial score (nSPS) is 11.4. The number of benzene rings is 1. The fourth-order valence-electron chi connectivity index (χ4n) is 1.65. The van der Waals surface area contributed by atoms with Crippen molar-refractivity contribution in [3.63, 3.8) is 0 Å². The number of fused-ring (bicyclic) bond motifs is 1. The van der Waals surface area contributed by atoms with E-state index in [4.69, 9.17) is 5.41 Å². The Kier molecular flexibility index (Phi) is 4.57. The number of rotatable bonds is 4.